The van der Waals surface area contributed by atoms with Crippen molar-refractivity contribution in [2.45, 2.75) is 49.9 Å². The highest BCUT2D eigenvalue weighted by Gasteiger charge is 2.30. The third-order valence-electron chi connectivity index (χ3n) is 4.88. The third kappa shape index (κ3) is 10.4. The number of hydrogen-bond donors (Lipinski definition) is 9. The second-order valence-corrected chi connectivity index (χ2v) is 7.86. The van der Waals surface area contributed by atoms with Gasteiger partial charge in [0.1, 0.15) is 23.9 Å². The van der Waals surface area contributed by atoms with Crippen LogP contribution in [0.5, 0.6) is 5.75 Å². The molecular formula is C21H30N6O9. The summed E-state index contributed by atoms with van der Waals surface area (Å²) in [5.41, 5.74) is 16.3. The van der Waals surface area contributed by atoms with Crippen LogP contribution in [0.4, 0.5) is 0 Å². The van der Waals surface area contributed by atoms with Crippen molar-refractivity contribution in [3.05, 3.63) is 29.8 Å². The highest BCUT2D eigenvalue weighted by Crippen LogP contribution is 2.12. The van der Waals surface area contributed by atoms with Crippen LogP contribution in [0.1, 0.15) is 24.8 Å². The van der Waals surface area contributed by atoms with Gasteiger partial charge in [-0.1, -0.05) is 12.1 Å². The fourth-order valence-corrected chi connectivity index (χ4v) is 2.95. The molecule has 5 amide bonds. The van der Waals surface area contributed by atoms with Gasteiger partial charge in [0.2, 0.25) is 29.5 Å². The van der Waals surface area contributed by atoms with Crippen LogP contribution in [0.2, 0.25) is 0 Å². The molecule has 0 radical (unpaired) electrons. The minimum absolute atomic E-state index is 0.0488. The molecule has 1 aromatic carbocycles. The predicted octanol–water partition coefficient (Wildman–Crippen LogP) is -4.07. The first-order valence-electron chi connectivity index (χ1n) is 10.7. The summed E-state index contributed by atoms with van der Waals surface area (Å²) in [5.74, 6) is -6.06. The number of aliphatic hydroxyl groups excluding tert-OH is 1. The minimum Gasteiger partial charge on any atom is -0.508 e. The zero-order valence-corrected chi connectivity index (χ0v) is 19.2. The largest absolute Gasteiger partial charge is 0.508 e. The molecule has 1 aromatic rings. The number of phenols is 1. The molecule has 15 nitrogen and oxygen atoms in total. The number of rotatable bonds is 15. The maximum atomic E-state index is 13.1. The van der Waals surface area contributed by atoms with Gasteiger partial charge in [-0.2, -0.15) is 0 Å². The number of amides is 5. The number of carboxylic acids is 1. The molecule has 0 spiro atoms. The molecule has 0 bridgehead atoms. The summed E-state index contributed by atoms with van der Waals surface area (Å²) in [4.78, 5) is 71.5. The predicted molar refractivity (Wildman–Crippen MR) is 123 cm³/mol. The van der Waals surface area contributed by atoms with E-state index < -0.39 is 72.7 Å². The average molecular weight is 511 g/mol. The lowest BCUT2D eigenvalue weighted by Gasteiger charge is -2.25. The third-order valence-corrected chi connectivity index (χ3v) is 4.88. The molecule has 0 aliphatic rings. The van der Waals surface area contributed by atoms with E-state index in [2.05, 4.69) is 10.6 Å². The zero-order chi connectivity index (χ0) is 27.4. The van der Waals surface area contributed by atoms with Crippen molar-refractivity contribution in [3.8, 4) is 5.75 Å². The van der Waals surface area contributed by atoms with E-state index in [9.17, 15) is 33.9 Å². The van der Waals surface area contributed by atoms with Gasteiger partial charge in [0.05, 0.1) is 19.1 Å². The van der Waals surface area contributed by atoms with Crippen molar-refractivity contribution in [3.63, 3.8) is 0 Å². The number of carbonyl (C=O) groups is 6. The Morgan fingerprint density at radius 3 is 1.83 bits per heavy atom. The standard InChI is InChI=1S/C21H30N6O9/c22-12(8-17(24)31)18(32)26-14(7-10-1-3-11(29)4-2-10)20(34)25-13(5-6-16(23)30)19(33)27-15(9-28)21(35)36/h1-4,12-15,28-29H,5-9,22H2,(H2,23,30)(H2,24,31)(H,25,34)(H,26,32)(H,27,33)(H,35,36). The van der Waals surface area contributed by atoms with Gasteiger partial charge < -0.3 is 48.5 Å². The minimum atomic E-state index is -1.68. The number of carboxylic acid groups (broad SMARTS) is 1. The maximum Gasteiger partial charge on any atom is 0.328 e. The average Bonchev–Trinajstić information content (AvgIpc) is 2.79. The Hall–Kier alpha value is -4.24. The number of aliphatic carboxylic acids is 1. The smallest absolute Gasteiger partial charge is 0.328 e. The van der Waals surface area contributed by atoms with Crippen LogP contribution in [-0.4, -0.2) is 81.6 Å². The van der Waals surface area contributed by atoms with E-state index in [1.54, 1.807) is 0 Å². The van der Waals surface area contributed by atoms with Crippen LogP contribution in [0.3, 0.4) is 0 Å². The van der Waals surface area contributed by atoms with Gasteiger partial charge in [-0.25, -0.2) is 4.79 Å². The van der Waals surface area contributed by atoms with Crippen molar-refractivity contribution >= 4 is 35.5 Å². The molecule has 0 heterocycles. The van der Waals surface area contributed by atoms with E-state index in [-0.39, 0.29) is 25.0 Å². The molecule has 4 unspecified atom stereocenters. The van der Waals surface area contributed by atoms with Gasteiger partial charge in [0.15, 0.2) is 0 Å². The number of phenolic OH excluding ortho intramolecular Hbond substituents is 1. The first kappa shape index (κ1) is 29.8. The molecular weight excluding hydrogens is 480 g/mol. The van der Waals surface area contributed by atoms with Crippen molar-refractivity contribution in [2.24, 2.45) is 17.2 Å². The second kappa shape index (κ2) is 14.2. The summed E-state index contributed by atoms with van der Waals surface area (Å²) < 4.78 is 0. The van der Waals surface area contributed by atoms with Gasteiger partial charge in [-0.3, -0.25) is 24.0 Å². The summed E-state index contributed by atoms with van der Waals surface area (Å²) in [6.45, 7) is -0.936. The number of nitrogens with one attached hydrogen (secondary N) is 3. The van der Waals surface area contributed by atoms with Crippen molar-refractivity contribution in [1.29, 1.82) is 0 Å². The topological polar surface area (TPSA) is 277 Å². The van der Waals surface area contributed by atoms with Crippen LogP contribution in [-0.2, 0) is 35.2 Å². The van der Waals surface area contributed by atoms with E-state index in [1.807, 2.05) is 5.32 Å². The molecule has 0 aliphatic heterocycles. The lowest BCUT2D eigenvalue weighted by Crippen LogP contribution is -2.58. The Kier molecular flexibility index (Phi) is 11.8. The highest BCUT2D eigenvalue weighted by atomic mass is 16.4. The number of hydrogen-bond acceptors (Lipinski definition) is 9. The van der Waals surface area contributed by atoms with E-state index in [0.29, 0.717) is 5.56 Å². The fraction of sp³-hybridized carbons (Fsp3) is 0.429. The molecule has 0 fully saturated rings. The number of aliphatic hydroxyl groups is 1. The number of benzene rings is 1. The lowest BCUT2D eigenvalue weighted by atomic mass is 10.0. The molecule has 0 aliphatic carbocycles. The summed E-state index contributed by atoms with van der Waals surface area (Å²) in [5, 5.41) is 34.4. The molecule has 12 N–H and O–H groups in total. The second-order valence-electron chi connectivity index (χ2n) is 7.86. The van der Waals surface area contributed by atoms with Crippen molar-refractivity contribution < 1.29 is 44.1 Å². The van der Waals surface area contributed by atoms with Gasteiger partial charge in [0.25, 0.3) is 0 Å². The van der Waals surface area contributed by atoms with Gasteiger partial charge in [-0.05, 0) is 24.1 Å². The normalized spacial score (nSPS) is 13.9. The Balaban J connectivity index is 3.14. The van der Waals surface area contributed by atoms with Crippen LogP contribution < -0.4 is 33.2 Å². The number of carbonyl (C=O) groups excluding carboxylic acids is 5. The summed E-state index contributed by atoms with van der Waals surface area (Å²) in [7, 11) is 0. The monoisotopic (exact) mass is 510 g/mol. The van der Waals surface area contributed by atoms with Gasteiger partial charge in [-0.15, -0.1) is 0 Å². The van der Waals surface area contributed by atoms with Gasteiger partial charge >= 0.3 is 5.97 Å². The molecule has 15 heteroatoms. The Labute approximate surface area is 205 Å². The molecule has 198 valence electrons. The molecule has 0 saturated carbocycles. The van der Waals surface area contributed by atoms with E-state index in [1.165, 1.54) is 24.3 Å². The van der Waals surface area contributed by atoms with Gasteiger partial charge in [0, 0.05) is 12.8 Å². The van der Waals surface area contributed by atoms with Crippen molar-refractivity contribution in [1.82, 2.24) is 16.0 Å². The Morgan fingerprint density at radius 1 is 0.806 bits per heavy atom. The lowest BCUT2D eigenvalue weighted by molar-refractivity contribution is -0.143. The molecule has 36 heavy (non-hydrogen) atoms. The summed E-state index contributed by atoms with van der Waals surface area (Å²) in [6, 6.07) is -0.223. The maximum absolute atomic E-state index is 13.1. The number of aromatic hydroxyl groups is 1. The molecule has 1 rings (SSSR count). The van der Waals surface area contributed by atoms with E-state index >= 15 is 0 Å². The Morgan fingerprint density at radius 2 is 1.33 bits per heavy atom. The van der Waals surface area contributed by atoms with Crippen LogP contribution >= 0.6 is 0 Å². The first-order chi connectivity index (χ1) is 16.8. The zero-order valence-electron chi connectivity index (χ0n) is 19.2. The number of nitrogens with two attached hydrogens (primary N) is 3. The number of primary amides is 2. The van der Waals surface area contributed by atoms with Crippen LogP contribution in [0.15, 0.2) is 24.3 Å². The molecule has 4 atom stereocenters. The van der Waals surface area contributed by atoms with E-state index in [4.69, 9.17) is 27.4 Å². The van der Waals surface area contributed by atoms with E-state index in [0.717, 1.165) is 0 Å². The first-order valence-corrected chi connectivity index (χ1v) is 10.7. The summed E-state index contributed by atoms with van der Waals surface area (Å²) in [6.07, 6.45) is -1.31. The molecule has 0 saturated heterocycles. The quantitative estimate of drug-likeness (QED) is 0.110. The SMILES string of the molecule is NC(=O)CCC(NC(=O)C(Cc1ccc(O)cc1)NC(=O)C(N)CC(N)=O)C(=O)NC(CO)C(=O)O. The molecule has 0 aromatic heterocycles. The highest BCUT2D eigenvalue weighted by molar-refractivity contribution is 5.95. The van der Waals surface area contributed by atoms with Crippen LogP contribution in [0.25, 0.3) is 0 Å². The van der Waals surface area contributed by atoms with Crippen molar-refractivity contribution in [2.75, 3.05) is 6.61 Å². The van der Waals surface area contributed by atoms with Crippen LogP contribution in [0, 0.1) is 0 Å². The fourth-order valence-electron chi connectivity index (χ4n) is 2.95. The summed E-state index contributed by atoms with van der Waals surface area (Å²) >= 11 is 0. The Bertz CT molecular complexity index is 969.